The third kappa shape index (κ3) is 3.78. The van der Waals surface area contributed by atoms with Crippen molar-refractivity contribution in [3.63, 3.8) is 0 Å². The zero-order valence-corrected chi connectivity index (χ0v) is 15.5. The molecule has 0 saturated carbocycles. The first-order valence-electron chi connectivity index (χ1n) is 8.91. The van der Waals surface area contributed by atoms with E-state index in [0.29, 0.717) is 17.2 Å². The molecule has 0 atom stereocenters. The van der Waals surface area contributed by atoms with E-state index < -0.39 is 6.03 Å². The van der Waals surface area contributed by atoms with Crippen molar-refractivity contribution in [2.75, 3.05) is 18.4 Å². The molecule has 2 aromatic carbocycles. The summed E-state index contributed by atoms with van der Waals surface area (Å²) in [6.45, 7) is 1.45. The summed E-state index contributed by atoms with van der Waals surface area (Å²) in [6.07, 6.45) is 1.85. The van der Waals surface area contributed by atoms with E-state index in [0.717, 1.165) is 31.4 Å². The van der Waals surface area contributed by atoms with E-state index in [4.69, 9.17) is 10.7 Å². The monoisotopic (exact) mass is 380 g/mol. The molecule has 3 amide bonds. The van der Waals surface area contributed by atoms with Gasteiger partial charge in [-0.3, -0.25) is 4.79 Å². The molecule has 1 fully saturated rings. The Hall–Kier alpha value is -2.93. The molecule has 1 saturated heterocycles. The number of urea groups is 1. The number of nitrogens with zero attached hydrogens (tertiary/aromatic N) is 2. The maximum absolute atomic E-state index is 12.7. The second kappa shape index (κ2) is 7.36. The predicted octanol–water partition coefficient (Wildman–Crippen LogP) is 3.81. The van der Waals surface area contributed by atoms with Crippen molar-refractivity contribution in [3.8, 4) is 0 Å². The lowest BCUT2D eigenvalue weighted by Gasteiger charge is -2.31. The Labute approximate surface area is 161 Å². The molecule has 3 N–H and O–H groups in total. The first-order chi connectivity index (χ1) is 13.1. The van der Waals surface area contributed by atoms with E-state index in [-0.39, 0.29) is 5.91 Å². The Bertz CT molecular complexity index is 942. The Balaban J connectivity index is 1.39. The third-order valence-electron chi connectivity index (χ3n) is 4.84. The zero-order chi connectivity index (χ0) is 18.8. The van der Waals surface area contributed by atoms with E-state index in [9.17, 15) is 9.59 Å². The Morgan fingerprint density at radius 1 is 1.07 bits per heavy atom. The fraction of sp³-hybridized carbons (Fsp3) is 0.250. The van der Waals surface area contributed by atoms with Crippen LogP contribution in [0.5, 0.6) is 0 Å². The van der Waals surface area contributed by atoms with Gasteiger partial charge in [0.2, 0.25) is 0 Å². The molecule has 0 spiro atoms. The smallest absolute Gasteiger partial charge is 0.316 e. The van der Waals surface area contributed by atoms with Crippen LogP contribution in [0.15, 0.2) is 48.5 Å². The van der Waals surface area contributed by atoms with Gasteiger partial charge in [-0.1, -0.05) is 12.1 Å². The van der Waals surface area contributed by atoms with Crippen LogP contribution in [0.4, 0.5) is 10.5 Å². The van der Waals surface area contributed by atoms with Gasteiger partial charge in [0.1, 0.15) is 0 Å². The lowest BCUT2D eigenvalue weighted by molar-refractivity contribution is 0.0713. The Kier molecular flexibility index (Phi) is 4.77. The topological polar surface area (TPSA) is 88.3 Å². The molecule has 3 aromatic rings. The van der Waals surface area contributed by atoms with Crippen molar-refractivity contribution < 1.29 is 9.59 Å². The van der Waals surface area contributed by atoms with Gasteiger partial charge in [0.05, 0.1) is 15.2 Å². The minimum Gasteiger partial charge on any atom is -0.351 e. The van der Waals surface area contributed by atoms with Crippen molar-refractivity contribution in [1.29, 1.82) is 0 Å². The Morgan fingerprint density at radius 2 is 1.78 bits per heavy atom. The maximum atomic E-state index is 12.7. The molecule has 0 radical (unpaired) electrons. The van der Waals surface area contributed by atoms with Crippen molar-refractivity contribution in [1.82, 2.24) is 9.88 Å². The highest BCUT2D eigenvalue weighted by Gasteiger charge is 2.26. The van der Waals surface area contributed by atoms with Crippen molar-refractivity contribution in [3.05, 3.63) is 59.1 Å². The zero-order valence-electron chi connectivity index (χ0n) is 14.7. The van der Waals surface area contributed by atoms with Gasteiger partial charge >= 0.3 is 6.03 Å². The van der Waals surface area contributed by atoms with Crippen LogP contribution in [0.25, 0.3) is 10.2 Å². The van der Waals surface area contributed by atoms with E-state index >= 15 is 0 Å². The summed E-state index contributed by atoms with van der Waals surface area (Å²) in [5.74, 6) is 0.428. The van der Waals surface area contributed by atoms with Gasteiger partial charge in [0, 0.05) is 30.3 Å². The van der Waals surface area contributed by atoms with Gasteiger partial charge in [-0.2, -0.15) is 0 Å². The van der Waals surface area contributed by atoms with E-state index in [1.165, 1.54) is 9.71 Å². The molecular formula is C20H20N4O2S. The number of anilines is 1. The lowest BCUT2D eigenvalue weighted by atomic mass is 9.97. The van der Waals surface area contributed by atoms with Crippen LogP contribution < -0.4 is 11.1 Å². The van der Waals surface area contributed by atoms with E-state index in [1.807, 2.05) is 23.1 Å². The van der Waals surface area contributed by atoms with Crippen LogP contribution in [-0.4, -0.2) is 34.9 Å². The van der Waals surface area contributed by atoms with Crippen molar-refractivity contribution in [2.45, 2.75) is 18.8 Å². The van der Waals surface area contributed by atoms with Crippen LogP contribution in [-0.2, 0) is 0 Å². The average molecular weight is 380 g/mol. The van der Waals surface area contributed by atoms with Gasteiger partial charge in [-0.15, -0.1) is 11.3 Å². The minimum absolute atomic E-state index is 0.0170. The standard InChI is InChI=1S/C20H20N4O2S/c21-20(26)22-15-7-5-14(6-8-15)19(25)24-11-9-13(10-12-24)18-23-16-3-1-2-4-17(16)27-18/h1-8,13H,9-12H2,(H3,21,22,26). The normalized spacial score (nSPS) is 15.0. The summed E-state index contributed by atoms with van der Waals surface area (Å²) in [7, 11) is 0. The Morgan fingerprint density at radius 3 is 2.44 bits per heavy atom. The van der Waals surface area contributed by atoms with Gasteiger partial charge in [-0.25, -0.2) is 9.78 Å². The number of likely N-dealkylation sites (tertiary alicyclic amines) is 1. The average Bonchev–Trinajstić information content (AvgIpc) is 3.12. The third-order valence-corrected chi connectivity index (χ3v) is 6.04. The highest BCUT2D eigenvalue weighted by Crippen LogP contribution is 2.34. The molecule has 4 rings (SSSR count). The van der Waals surface area contributed by atoms with Crippen LogP contribution in [0, 0.1) is 0 Å². The van der Waals surface area contributed by atoms with Crippen LogP contribution in [0.1, 0.15) is 34.1 Å². The lowest BCUT2D eigenvalue weighted by Crippen LogP contribution is -2.37. The minimum atomic E-state index is -0.619. The maximum Gasteiger partial charge on any atom is 0.316 e. The van der Waals surface area contributed by atoms with Crippen LogP contribution in [0.3, 0.4) is 0 Å². The molecule has 1 aliphatic rings. The highest BCUT2D eigenvalue weighted by atomic mass is 32.1. The van der Waals surface area contributed by atoms with Crippen molar-refractivity contribution in [2.24, 2.45) is 5.73 Å². The van der Waals surface area contributed by atoms with Crippen LogP contribution in [0.2, 0.25) is 0 Å². The summed E-state index contributed by atoms with van der Waals surface area (Å²) in [5, 5.41) is 3.66. The van der Waals surface area contributed by atoms with E-state index in [1.54, 1.807) is 35.6 Å². The number of rotatable bonds is 3. The predicted molar refractivity (Wildman–Crippen MR) is 107 cm³/mol. The number of hydrogen-bond acceptors (Lipinski definition) is 4. The highest BCUT2D eigenvalue weighted by molar-refractivity contribution is 7.18. The summed E-state index contributed by atoms with van der Waals surface area (Å²) < 4.78 is 1.22. The number of aromatic nitrogens is 1. The van der Waals surface area contributed by atoms with E-state index in [2.05, 4.69) is 11.4 Å². The number of benzene rings is 2. The second-order valence-electron chi connectivity index (χ2n) is 6.65. The second-order valence-corrected chi connectivity index (χ2v) is 7.72. The SMILES string of the molecule is NC(=O)Nc1ccc(C(=O)N2CCC(c3nc4ccccc4s3)CC2)cc1. The number of piperidine rings is 1. The molecule has 0 bridgehead atoms. The number of thiazole rings is 1. The van der Waals surface area contributed by atoms with Gasteiger partial charge in [0.25, 0.3) is 5.91 Å². The number of fused-ring (bicyclic) bond motifs is 1. The number of nitrogens with two attached hydrogens (primary N) is 1. The fourth-order valence-electron chi connectivity index (χ4n) is 3.42. The number of amides is 3. The number of carbonyl (C=O) groups excluding carboxylic acids is 2. The molecule has 1 aliphatic heterocycles. The van der Waals surface area contributed by atoms with Gasteiger partial charge < -0.3 is 16.0 Å². The largest absolute Gasteiger partial charge is 0.351 e. The molecular weight excluding hydrogens is 360 g/mol. The first-order valence-corrected chi connectivity index (χ1v) is 9.73. The molecule has 7 heteroatoms. The fourth-order valence-corrected chi connectivity index (χ4v) is 4.55. The molecule has 1 aromatic heterocycles. The quantitative estimate of drug-likeness (QED) is 0.724. The molecule has 27 heavy (non-hydrogen) atoms. The summed E-state index contributed by atoms with van der Waals surface area (Å²) in [5.41, 5.74) is 7.34. The summed E-state index contributed by atoms with van der Waals surface area (Å²) in [6, 6.07) is 14.4. The molecule has 0 unspecified atom stereocenters. The molecule has 0 aliphatic carbocycles. The molecule has 138 valence electrons. The number of hydrogen-bond donors (Lipinski definition) is 2. The van der Waals surface area contributed by atoms with Crippen molar-refractivity contribution >= 4 is 39.2 Å². The molecule has 6 nitrogen and oxygen atoms in total. The number of carbonyl (C=O) groups is 2. The summed E-state index contributed by atoms with van der Waals surface area (Å²) >= 11 is 1.76. The number of para-hydroxylation sites is 1. The number of primary amides is 1. The number of nitrogens with one attached hydrogen (secondary N) is 1. The summed E-state index contributed by atoms with van der Waals surface area (Å²) in [4.78, 5) is 30.2. The first kappa shape index (κ1) is 17.5. The molecule has 2 heterocycles. The van der Waals surface area contributed by atoms with Gasteiger partial charge in [0.15, 0.2) is 0 Å². The van der Waals surface area contributed by atoms with Gasteiger partial charge in [-0.05, 0) is 49.2 Å². The van der Waals surface area contributed by atoms with Crippen LogP contribution >= 0.6 is 11.3 Å².